The molecule has 0 fully saturated rings. The third kappa shape index (κ3) is 16.2. The highest BCUT2D eigenvalue weighted by Gasteiger charge is 2.24. The summed E-state index contributed by atoms with van der Waals surface area (Å²) >= 11 is 1.03. The van der Waals surface area contributed by atoms with Gasteiger partial charge in [-0.05, 0) is 74.1 Å². The van der Waals surface area contributed by atoms with Crippen molar-refractivity contribution in [1.29, 1.82) is 10.5 Å². The lowest BCUT2D eigenvalue weighted by atomic mass is 9.99. The van der Waals surface area contributed by atoms with Crippen LogP contribution in [0.15, 0.2) is 92.1 Å². The molecular formula is C41H50N8O16S4. The fourth-order valence-electron chi connectivity index (χ4n) is 6.55. The zero-order chi connectivity index (χ0) is 51.5. The number of nitriles is 2. The minimum Gasteiger partial charge on any atom is -0.493 e. The molecule has 4 rings (SSSR count). The van der Waals surface area contributed by atoms with Gasteiger partial charge in [-0.1, -0.05) is 76.3 Å². The second kappa shape index (κ2) is 27.6. The number of aromatic hydroxyl groups is 2. The predicted molar refractivity (Wildman–Crippen MR) is 248 cm³/mol. The van der Waals surface area contributed by atoms with Crippen LogP contribution in [0, 0.1) is 41.4 Å². The van der Waals surface area contributed by atoms with E-state index in [1.54, 1.807) is 6.07 Å². The molecule has 0 radical (unpaired) electrons. The smallest absolute Gasteiger partial charge is 0.296 e. The lowest BCUT2D eigenvalue weighted by Crippen LogP contribution is -2.25. The molecule has 2 atom stereocenters. The number of pyridine rings is 2. The maximum absolute atomic E-state index is 13.2. The Bertz CT molecular complexity index is 2920. The van der Waals surface area contributed by atoms with Crippen LogP contribution in [-0.4, -0.2) is 55.8 Å². The Balaban J connectivity index is 0.000000365. The largest absolute Gasteiger partial charge is 0.493 e. The van der Waals surface area contributed by atoms with Gasteiger partial charge in [-0.25, -0.2) is 10.5 Å². The first-order chi connectivity index (χ1) is 32.7. The predicted octanol–water partition coefficient (Wildman–Crippen LogP) is 9.77. The summed E-state index contributed by atoms with van der Waals surface area (Å²) in [5.41, 5.74) is -2.98. The number of aromatic nitrogens is 2. The summed E-state index contributed by atoms with van der Waals surface area (Å²) < 4.78 is 76.7. The second-order valence-corrected chi connectivity index (χ2v) is 19.2. The number of hydrogen-bond donors (Lipinski definition) is 6. The average molecular weight is 1040 g/mol. The number of nitrogens with zero attached hydrogens (tertiary/aromatic N) is 8. The Morgan fingerprint density at radius 1 is 0.667 bits per heavy atom. The molecule has 69 heavy (non-hydrogen) atoms. The highest BCUT2D eigenvalue weighted by Crippen LogP contribution is 2.35. The first-order valence-electron chi connectivity index (χ1n) is 20.8. The van der Waals surface area contributed by atoms with E-state index in [9.17, 15) is 56.3 Å². The molecule has 2 aromatic heterocycles. The van der Waals surface area contributed by atoms with Crippen molar-refractivity contribution in [2.75, 3.05) is 0 Å². The fourth-order valence-corrected chi connectivity index (χ4v) is 8.55. The number of azo groups is 2. The number of hydrogen-bond acceptors (Lipinski definition) is 22. The topological polar surface area (TPSA) is 368 Å². The second-order valence-electron chi connectivity index (χ2n) is 14.9. The molecule has 374 valence electrons. The normalized spacial score (nSPS) is 12.7. The molecule has 2 heterocycles. The Morgan fingerprint density at radius 3 is 1.52 bits per heavy atom. The van der Waals surface area contributed by atoms with Gasteiger partial charge >= 0.3 is 0 Å². The summed E-state index contributed by atoms with van der Waals surface area (Å²) in [4.78, 5) is 25.5. The van der Waals surface area contributed by atoms with E-state index in [2.05, 4.69) is 39.2 Å². The highest BCUT2D eigenvalue weighted by atomic mass is 32.2. The van der Waals surface area contributed by atoms with Crippen LogP contribution < -0.4 is 11.1 Å². The van der Waals surface area contributed by atoms with Gasteiger partial charge in [-0.2, -0.15) is 27.4 Å². The molecule has 0 aliphatic carbocycles. The van der Waals surface area contributed by atoms with Crippen molar-refractivity contribution in [1.82, 2.24) is 9.13 Å². The molecule has 2 aromatic carbocycles. The van der Waals surface area contributed by atoms with Crippen molar-refractivity contribution >= 4 is 67.1 Å². The molecule has 2 unspecified atom stereocenters. The maximum Gasteiger partial charge on any atom is 0.296 e. The number of unbranched alkanes of at least 4 members (excludes halogenated alkanes) is 2. The molecule has 0 aliphatic rings. The molecular weight excluding hydrogens is 989 g/mol. The van der Waals surface area contributed by atoms with E-state index in [1.165, 1.54) is 19.1 Å². The third-order valence-electron chi connectivity index (χ3n) is 10.4. The van der Waals surface area contributed by atoms with Gasteiger partial charge < -0.3 is 10.2 Å². The zero-order valence-electron chi connectivity index (χ0n) is 37.7. The van der Waals surface area contributed by atoms with Crippen LogP contribution in [0.3, 0.4) is 0 Å². The number of rotatable bonds is 24. The molecule has 28 heteroatoms. The van der Waals surface area contributed by atoms with Crippen LogP contribution in [0.4, 0.5) is 22.7 Å². The molecule has 0 spiro atoms. The van der Waals surface area contributed by atoms with E-state index in [0.29, 0.717) is 24.1 Å². The monoisotopic (exact) mass is 1040 g/mol. The van der Waals surface area contributed by atoms with Gasteiger partial charge in [0.15, 0.2) is 11.4 Å². The maximum atomic E-state index is 13.2. The molecule has 6 N–H and O–H groups in total. The molecule has 0 saturated heterocycles. The van der Waals surface area contributed by atoms with E-state index >= 15 is 0 Å². The minimum atomic E-state index is -4.71. The first-order valence-corrected chi connectivity index (χ1v) is 25.2. The fraction of sp³-hybridized carbons (Fsp3) is 0.415. The Morgan fingerprint density at radius 2 is 1.12 bits per heavy atom. The first kappa shape index (κ1) is 57.7. The van der Waals surface area contributed by atoms with Gasteiger partial charge in [0.05, 0.1) is 24.1 Å². The van der Waals surface area contributed by atoms with E-state index < -0.39 is 52.9 Å². The summed E-state index contributed by atoms with van der Waals surface area (Å²) in [7, 11) is -9.41. The van der Waals surface area contributed by atoms with Crippen LogP contribution in [0.1, 0.15) is 95.8 Å². The van der Waals surface area contributed by atoms with Gasteiger partial charge in [0.1, 0.15) is 44.4 Å². The Hall–Kier alpha value is -5.60. The lowest BCUT2D eigenvalue weighted by Gasteiger charge is -2.19. The van der Waals surface area contributed by atoms with Crippen LogP contribution in [0.2, 0.25) is 0 Å². The van der Waals surface area contributed by atoms with Crippen LogP contribution in [0.25, 0.3) is 0 Å². The van der Waals surface area contributed by atoms with Crippen LogP contribution >= 0.6 is 24.1 Å². The van der Waals surface area contributed by atoms with Gasteiger partial charge in [0.2, 0.25) is 11.8 Å². The van der Waals surface area contributed by atoms with E-state index in [4.69, 9.17) is 10.5 Å². The van der Waals surface area contributed by atoms with Crippen molar-refractivity contribution in [2.24, 2.45) is 32.3 Å². The summed E-state index contributed by atoms with van der Waals surface area (Å²) in [6.45, 7) is 9.77. The van der Waals surface area contributed by atoms with E-state index in [0.717, 1.165) is 90.8 Å². The Kier molecular flexibility index (Phi) is 23.0. The van der Waals surface area contributed by atoms with Crippen molar-refractivity contribution in [3.05, 3.63) is 79.9 Å². The van der Waals surface area contributed by atoms with Gasteiger partial charge in [0.25, 0.3) is 31.4 Å². The standard InChI is InChI=1S/C21H26N4O8S2.C20H24N4O8S2/c1-4-6-7-14(5-2)12-25-20(26)16(11-22)13(3)19(21(25)27)24-23-17-10-15(34-33-32-28)8-9-18(17)35(29,30)31;1-3-5-6-13(4-2)12-24-19(25)14(11-21)9-17(20(24)26)23-22-16-10-15(33-32-31-27)7-8-18(16)34(28,29)30/h8-10,14,26,28H,4-7,12H2,1-3H3,(H,29,30,31);7-10,13,25,27H,3-6,12H2,1-2H3,(H,28,29,30). The lowest BCUT2D eigenvalue weighted by molar-refractivity contribution is -0.432. The van der Waals surface area contributed by atoms with Crippen LogP contribution in [-0.2, 0) is 52.1 Å². The summed E-state index contributed by atoms with van der Waals surface area (Å²) in [5.74, 6) is -0.802. The zero-order valence-corrected chi connectivity index (χ0v) is 41.0. The summed E-state index contributed by atoms with van der Waals surface area (Å²) in [5, 5.41) is 78.9. The molecule has 24 nitrogen and oxygen atoms in total. The van der Waals surface area contributed by atoms with Gasteiger partial charge in [-0.15, -0.1) is 29.1 Å². The Labute approximate surface area is 405 Å². The van der Waals surface area contributed by atoms with E-state index in [1.807, 2.05) is 33.8 Å². The van der Waals surface area contributed by atoms with Crippen LogP contribution in [0.5, 0.6) is 11.8 Å². The molecule has 0 aliphatic heterocycles. The molecule has 0 amide bonds. The number of benzene rings is 2. The van der Waals surface area contributed by atoms with E-state index in [-0.39, 0.29) is 74.2 Å². The van der Waals surface area contributed by atoms with Crippen molar-refractivity contribution < 1.29 is 65.4 Å². The quantitative estimate of drug-likeness (QED) is 0.0125. The van der Waals surface area contributed by atoms with Crippen molar-refractivity contribution in [2.45, 2.75) is 119 Å². The van der Waals surface area contributed by atoms with Crippen molar-refractivity contribution in [3.8, 4) is 23.9 Å². The average Bonchev–Trinajstić information content (AvgIpc) is 3.31. The highest BCUT2D eigenvalue weighted by molar-refractivity contribution is 7.94. The minimum absolute atomic E-state index is 0.0626. The molecule has 4 aromatic rings. The SMILES string of the molecule is CCCCC(CC)Cn1c(O)c(C#N)c(C)c(N=Nc2cc(SOOO)ccc2S(=O)(=O)O)c1=O.CCCCC(CC)Cn1c(O)c(C#N)cc(N=Nc2cc(SOOO)ccc2S(=O)(=O)O)c1=O. The molecule has 0 saturated carbocycles. The van der Waals surface area contributed by atoms with Gasteiger partial charge in [-0.3, -0.25) is 27.8 Å². The molecule has 0 bridgehead atoms. The van der Waals surface area contributed by atoms with Crippen molar-refractivity contribution in [3.63, 3.8) is 0 Å². The van der Waals surface area contributed by atoms with Gasteiger partial charge in [0, 0.05) is 28.4 Å². The summed E-state index contributed by atoms with van der Waals surface area (Å²) in [6, 6.07) is 11.6. The third-order valence-corrected chi connectivity index (χ3v) is 13.3. The summed E-state index contributed by atoms with van der Waals surface area (Å²) in [6.07, 6.45) is 6.98.